The van der Waals surface area contributed by atoms with E-state index in [4.69, 9.17) is 59.4 Å². The van der Waals surface area contributed by atoms with Gasteiger partial charge in [-0.3, -0.25) is 28.9 Å². The topological polar surface area (TPSA) is 391 Å². The third-order valence-electron chi connectivity index (χ3n) is 27.2. The maximum absolute atomic E-state index is 14.6. The van der Waals surface area contributed by atoms with Gasteiger partial charge in [0.1, 0.15) is 59.9 Å². The average Bonchev–Trinajstić information content (AvgIpc) is 1.61. The smallest absolute Gasteiger partial charge is 0.410 e. The number of nitrogen functional groups attached to an aromatic ring is 2. The van der Waals surface area contributed by atoms with Gasteiger partial charge in [0.15, 0.2) is 17.0 Å². The molecule has 4 saturated heterocycles. The van der Waals surface area contributed by atoms with Crippen molar-refractivity contribution in [3.05, 3.63) is 142 Å². The van der Waals surface area contributed by atoms with E-state index < -0.39 is 48.1 Å². The number of ether oxygens (including phenoxy) is 6. The second-order valence-corrected chi connectivity index (χ2v) is 36.4. The maximum atomic E-state index is 14.6. The molecule has 8 aliphatic rings. The van der Waals surface area contributed by atoms with Crippen molar-refractivity contribution in [2.45, 2.75) is 225 Å². The third kappa shape index (κ3) is 23.1. The van der Waals surface area contributed by atoms with Crippen molar-refractivity contribution in [2.75, 3.05) is 127 Å². The lowest BCUT2D eigenvalue weighted by atomic mass is 9.83. The van der Waals surface area contributed by atoms with Crippen LogP contribution in [0.2, 0.25) is 0 Å². The van der Waals surface area contributed by atoms with Gasteiger partial charge in [-0.25, -0.2) is 44.2 Å². The van der Waals surface area contributed by atoms with Crippen LogP contribution in [-0.4, -0.2) is 270 Å². The molecule has 4 amide bonds. The summed E-state index contributed by atoms with van der Waals surface area (Å²) in [6.07, 6.45) is 25.0. The SMILES string of the molecule is CO[C@H]1CC2CCCC(O2)C(=O)C(=O)N2CCCC[C@H]2C(=O)O[C@H](CC[C@H]2CC[C@H](OC(=O)N3CCc4nc(N5CCN(C(=O)CCOCCN6CCN(c7ncc(C(=O)N8CCc9cc(Cn%10nc(-c%11ccc%12oc(N)nc%12c%11)c%11c(N)ncnc%11%10)ccc9C8)cn7)CC6)CC5)ncc4C3)CC2)CC[C@H](C)/C=C(\C)[C@@H](O)[C@@H](OC)C(=O)[C@H](C)C[C@H](C)/C=C/C=C/C=C/1C. The fourth-order valence-electron chi connectivity index (χ4n) is 19.6. The second-order valence-electron chi connectivity index (χ2n) is 36.4. The Morgan fingerprint density at radius 1 is 0.667 bits per heavy atom. The maximum Gasteiger partial charge on any atom is 0.410 e. The highest BCUT2D eigenvalue weighted by Gasteiger charge is 2.43. The molecule has 12 heterocycles. The molecule has 129 heavy (non-hydrogen) atoms. The van der Waals surface area contributed by atoms with E-state index >= 15 is 0 Å². The van der Waals surface area contributed by atoms with Crippen LogP contribution in [0.1, 0.15) is 182 Å². The Bertz CT molecular complexity index is 5240. The average molecular weight is 1770 g/mol. The predicted octanol–water partition coefficient (Wildman–Crippen LogP) is 10.6. The molecular formula is C96H126N18O15. The zero-order valence-electron chi connectivity index (χ0n) is 75.6. The number of fused-ring (bicyclic) bond motifs is 7. The van der Waals surface area contributed by atoms with Crippen LogP contribution in [0.3, 0.4) is 0 Å². The number of ketones is 2. The Hall–Kier alpha value is -11.0. The van der Waals surface area contributed by atoms with Crippen LogP contribution < -0.4 is 21.3 Å². The number of rotatable bonds is 18. The molecule has 5 N–H and O–H groups in total. The van der Waals surface area contributed by atoms with Gasteiger partial charge >= 0.3 is 12.1 Å². The first-order chi connectivity index (χ1) is 62.5. The molecule has 5 aromatic heterocycles. The van der Waals surface area contributed by atoms with Gasteiger partial charge in [0.05, 0.1) is 61.6 Å². The Morgan fingerprint density at radius 2 is 1.43 bits per heavy atom. The lowest BCUT2D eigenvalue weighted by Gasteiger charge is -2.36. The van der Waals surface area contributed by atoms with E-state index in [2.05, 4.69) is 70.8 Å². The van der Waals surface area contributed by atoms with Crippen LogP contribution in [0.25, 0.3) is 33.4 Å². The number of oxazole rings is 1. The van der Waals surface area contributed by atoms with Crippen molar-refractivity contribution < 1.29 is 71.5 Å². The molecule has 5 fully saturated rings. The number of methoxy groups -OCH3 is 2. The van der Waals surface area contributed by atoms with Crippen molar-refractivity contribution in [2.24, 2.45) is 23.7 Å². The summed E-state index contributed by atoms with van der Waals surface area (Å²) < 4.78 is 44.1. The summed E-state index contributed by atoms with van der Waals surface area (Å²) in [7, 11) is 3.10. The van der Waals surface area contributed by atoms with Gasteiger partial charge in [0.2, 0.25) is 23.6 Å². The van der Waals surface area contributed by atoms with E-state index in [9.17, 15) is 38.7 Å². The number of anilines is 4. The lowest BCUT2D eigenvalue weighted by Crippen LogP contribution is -2.54. The number of piperidine rings is 1. The van der Waals surface area contributed by atoms with Gasteiger partial charge in [-0.1, -0.05) is 75.4 Å². The van der Waals surface area contributed by atoms with E-state index in [1.807, 2.05) is 90.9 Å². The molecule has 2 unspecified atom stereocenters. The molecule has 690 valence electrons. The number of nitrogens with two attached hydrogens (primary N) is 2. The van der Waals surface area contributed by atoms with Gasteiger partial charge in [0.25, 0.3) is 17.8 Å². The number of aliphatic hydroxyl groups is 1. The Morgan fingerprint density at radius 3 is 2.22 bits per heavy atom. The van der Waals surface area contributed by atoms with Crippen molar-refractivity contribution in [3.63, 3.8) is 0 Å². The van der Waals surface area contributed by atoms with Gasteiger partial charge in [-0.2, -0.15) is 10.1 Å². The summed E-state index contributed by atoms with van der Waals surface area (Å²) in [6, 6.07) is 11.0. The van der Waals surface area contributed by atoms with E-state index in [-0.39, 0.29) is 84.7 Å². The van der Waals surface area contributed by atoms with Crippen molar-refractivity contribution >= 4 is 87.2 Å². The second kappa shape index (κ2) is 43.2. The van der Waals surface area contributed by atoms with Gasteiger partial charge in [-0.05, 0) is 180 Å². The van der Waals surface area contributed by atoms with Crippen LogP contribution in [0.15, 0.2) is 113 Å². The first-order valence-corrected chi connectivity index (χ1v) is 46.4. The number of benzene rings is 2. The molecule has 33 heteroatoms. The summed E-state index contributed by atoms with van der Waals surface area (Å²) >= 11 is 0. The lowest BCUT2D eigenvalue weighted by molar-refractivity contribution is -0.167. The Labute approximate surface area is 753 Å². The number of allylic oxidation sites excluding steroid dienone is 6. The summed E-state index contributed by atoms with van der Waals surface area (Å²) in [5.41, 5.74) is 22.5. The third-order valence-corrected chi connectivity index (χ3v) is 27.2. The van der Waals surface area contributed by atoms with E-state index in [0.29, 0.717) is 225 Å². The highest BCUT2D eigenvalue weighted by atomic mass is 16.6. The van der Waals surface area contributed by atoms with E-state index in [1.54, 1.807) is 30.5 Å². The van der Waals surface area contributed by atoms with Crippen LogP contribution in [0.5, 0.6) is 0 Å². The molecule has 1 saturated carbocycles. The zero-order valence-corrected chi connectivity index (χ0v) is 75.6. The summed E-state index contributed by atoms with van der Waals surface area (Å²) in [5, 5.41) is 17.3. The van der Waals surface area contributed by atoms with Crippen molar-refractivity contribution in [3.8, 4) is 11.3 Å². The van der Waals surface area contributed by atoms with Gasteiger partial charge < -0.3 is 78.8 Å². The highest BCUT2D eigenvalue weighted by molar-refractivity contribution is 6.38. The van der Waals surface area contributed by atoms with Crippen molar-refractivity contribution in [1.82, 2.24) is 69.2 Å². The molecule has 0 spiro atoms. The first-order valence-electron chi connectivity index (χ1n) is 46.4. The minimum Gasteiger partial charge on any atom is -0.461 e. The molecule has 2 bridgehead atoms. The quantitative estimate of drug-likeness (QED) is 0.0311. The molecule has 0 radical (unpaired) electrons. The number of hydrogen-bond donors (Lipinski definition) is 3. The zero-order chi connectivity index (χ0) is 90.4. The molecule has 10 atom stereocenters. The van der Waals surface area contributed by atoms with Crippen LogP contribution in [0.4, 0.5) is 28.5 Å². The highest BCUT2D eigenvalue weighted by Crippen LogP contribution is 2.38. The molecule has 7 aromatic rings. The predicted molar refractivity (Wildman–Crippen MR) is 485 cm³/mol. The number of carbonyl (C=O) groups excluding carboxylic acids is 7. The molecule has 33 nitrogen and oxygen atoms in total. The van der Waals surface area contributed by atoms with Crippen LogP contribution >= 0.6 is 0 Å². The number of amides is 4. The van der Waals surface area contributed by atoms with Crippen LogP contribution in [-0.2, 0) is 84.9 Å². The molecule has 1 aliphatic carbocycles. The molecular weight excluding hydrogens is 1650 g/mol. The number of hydrogen-bond acceptors (Lipinski definition) is 28. The number of Topliss-reactive ketones (excluding diaryl/α,β-unsaturated/α-hetero) is 2. The number of nitrogens with zero attached hydrogens (tertiary/aromatic N) is 16. The normalized spacial score (nSPS) is 26.9. The van der Waals surface area contributed by atoms with Gasteiger partial charge in [0, 0.05) is 148 Å². The number of piperazine rings is 2. The number of cyclic esters (lactones) is 1. The van der Waals surface area contributed by atoms with E-state index in [1.165, 1.54) is 23.9 Å². The van der Waals surface area contributed by atoms with Gasteiger partial charge in [-0.15, -0.1) is 0 Å². The monoisotopic (exact) mass is 1770 g/mol. The molecule has 7 aliphatic heterocycles. The van der Waals surface area contributed by atoms with Crippen molar-refractivity contribution in [1.29, 1.82) is 0 Å². The number of aliphatic hydroxyl groups excluding tert-OH is 1. The standard InChI is InChI=1S/C96H126N18O15/c1-60-14-9-8-10-15-62(3)80(123-6)52-74-16-13-18-79(126-74)86(118)91(120)113-34-12-11-17-77(113)92(121)127-72(26-19-61(2)49-64(5)85(117)87(124-7)84(116)63(4)48-60)27-21-65-22-28-73(29-23-65)128-96(122)112-36-32-75-71(58-112)55-101-95(105-75)110-43-41-108(42-44-110)81(115)33-46-125-47-45-107-37-39-109(40-38-107)94-99-53-70(54-100-94)90(119)111-35-31-67-50-66(20-24-69(67)57-111)56-114-89-82(88(97)102-59-103-89)83(106-114)68-25-30-78-76(51-68)104-93(98)129-78/h8-10,14-15,20,24-25,30,49-51,53-55,59-61,63,65,72-74,77,79-80,85,87,117H,11-13,16-19,21-23,26-29,31-48,52,56-58H2,1-7H3,(H2,98,104)(H2,97,102,103)/b10-8+,14-9+,62-15+,64-49+/t60-,61+,63-,65-,72+,73-,74?,77+,79?,80+,85-,87+/m1/s1. The summed E-state index contributed by atoms with van der Waals surface area (Å²) in [6.45, 7) is 19.1. The fourth-order valence-corrected chi connectivity index (χ4v) is 19.6. The fraction of sp³-hybridized carbons (Fsp3) is 0.573. The van der Waals surface area contributed by atoms with Crippen LogP contribution in [0, 0.1) is 23.7 Å². The Kier molecular flexibility index (Phi) is 31.0. The summed E-state index contributed by atoms with van der Waals surface area (Å²) in [4.78, 5) is 144. The minimum atomic E-state index is -1.17. The number of aromatic nitrogens is 9. The van der Waals surface area contributed by atoms with E-state index in [0.717, 1.165) is 85.5 Å². The molecule has 2 aromatic carbocycles. The number of esters is 1. The molecule has 15 rings (SSSR count). The first kappa shape index (κ1) is 92.7. The Balaban J connectivity index is 0.463. The summed E-state index contributed by atoms with van der Waals surface area (Å²) in [5.74, 6) is -0.729. The number of carbonyl (C=O) groups is 7. The largest absolute Gasteiger partial charge is 0.461 e. The minimum absolute atomic E-state index is 0.0488.